The van der Waals surface area contributed by atoms with E-state index in [1.54, 1.807) is 0 Å². The maximum atomic E-state index is 14.0. The zero-order valence-corrected chi connectivity index (χ0v) is 21.8. The molecule has 5 heteroatoms. The van der Waals surface area contributed by atoms with Crippen LogP contribution in [0.25, 0.3) is 0 Å². The average Bonchev–Trinajstić information content (AvgIpc) is 2.77. The van der Waals surface area contributed by atoms with Crippen molar-refractivity contribution in [1.82, 2.24) is 0 Å². The second-order valence-corrected chi connectivity index (χ2v) is 9.91. The maximum absolute atomic E-state index is 14.0. The Kier molecular flexibility index (Phi) is 23.2. The van der Waals surface area contributed by atoms with E-state index in [9.17, 15) is 17.6 Å². The highest BCUT2D eigenvalue weighted by Crippen LogP contribution is 2.34. The van der Waals surface area contributed by atoms with Crippen LogP contribution < -0.4 is 0 Å². The Balaban J connectivity index is 3.63. The molecule has 0 aliphatic rings. The van der Waals surface area contributed by atoms with Crippen LogP contribution in [0.5, 0.6) is 0 Å². The van der Waals surface area contributed by atoms with Crippen LogP contribution in [-0.4, -0.2) is 25.6 Å². The molecular formula is C28H54F4O. The molecule has 0 radical (unpaired) electrons. The molecule has 0 saturated heterocycles. The van der Waals surface area contributed by atoms with Crippen LogP contribution in [0.4, 0.5) is 17.6 Å². The summed E-state index contributed by atoms with van der Waals surface area (Å²) in [7, 11) is 0. The van der Waals surface area contributed by atoms with Crippen LogP contribution in [-0.2, 0) is 4.74 Å². The molecule has 0 N–H and O–H groups in total. The molecule has 2 unspecified atom stereocenters. The number of unbranched alkanes of at least 4 members (excludes halogenated alkanes) is 13. The van der Waals surface area contributed by atoms with Crippen molar-refractivity contribution < 1.29 is 22.3 Å². The lowest BCUT2D eigenvalue weighted by Crippen LogP contribution is -2.22. The van der Waals surface area contributed by atoms with Crippen molar-refractivity contribution in [1.29, 1.82) is 0 Å². The lowest BCUT2D eigenvalue weighted by Gasteiger charge is -2.20. The molecular weight excluding hydrogens is 428 g/mol. The average molecular weight is 483 g/mol. The summed E-state index contributed by atoms with van der Waals surface area (Å²) in [6.07, 6.45) is 13.8. The van der Waals surface area contributed by atoms with Gasteiger partial charge < -0.3 is 4.74 Å². The molecule has 33 heavy (non-hydrogen) atoms. The van der Waals surface area contributed by atoms with Gasteiger partial charge in [-0.1, -0.05) is 110 Å². The number of hydrogen-bond donors (Lipinski definition) is 0. The maximum Gasteiger partial charge on any atom is 0.391 e. The first-order chi connectivity index (χ1) is 15.9. The normalized spacial score (nSPS) is 14.0. The Morgan fingerprint density at radius 1 is 0.515 bits per heavy atom. The Hall–Kier alpha value is -0.320. The topological polar surface area (TPSA) is 9.23 Å². The fraction of sp³-hybridized carbons (Fsp3) is 1.00. The molecule has 0 aliphatic heterocycles. The Morgan fingerprint density at radius 2 is 0.939 bits per heavy atom. The van der Waals surface area contributed by atoms with Crippen LogP contribution in [0, 0.1) is 5.92 Å². The smallest absolute Gasteiger partial charge is 0.381 e. The predicted molar refractivity (Wildman–Crippen MR) is 134 cm³/mol. The van der Waals surface area contributed by atoms with Gasteiger partial charge in [-0.3, -0.25) is 0 Å². The standard InChI is InChI=1S/C28H54F4O/c1-3-5-6-7-8-10-15-20-26(28(30,31)32)21-16-12-13-18-23-27(29)22-17-11-9-14-19-25-33-24-4-2/h26-27H,3-25H2,1-2H3. The Labute approximate surface area is 202 Å². The highest BCUT2D eigenvalue weighted by molar-refractivity contribution is 4.68. The van der Waals surface area contributed by atoms with Crippen LogP contribution in [0.2, 0.25) is 0 Å². The summed E-state index contributed by atoms with van der Waals surface area (Å²) in [6.45, 7) is 5.95. The molecule has 0 rings (SSSR count). The van der Waals surface area contributed by atoms with E-state index >= 15 is 0 Å². The summed E-state index contributed by atoms with van der Waals surface area (Å²) < 4.78 is 59.3. The van der Waals surface area contributed by atoms with E-state index in [4.69, 9.17) is 4.74 Å². The van der Waals surface area contributed by atoms with Gasteiger partial charge in [0.05, 0.1) is 5.92 Å². The third-order valence-corrected chi connectivity index (χ3v) is 6.59. The van der Waals surface area contributed by atoms with Gasteiger partial charge >= 0.3 is 6.18 Å². The van der Waals surface area contributed by atoms with Gasteiger partial charge in [0.25, 0.3) is 0 Å². The number of alkyl halides is 4. The van der Waals surface area contributed by atoms with Crippen molar-refractivity contribution in [2.75, 3.05) is 13.2 Å². The summed E-state index contributed by atoms with van der Waals surface area (Å²) in [6, 6.07) is 0. The molecule has 0 fully saturated rings. The highest BCUT2D eigenvalue weighted by atomic mass is 19.4. The SMILES string of the molecule is CCCCCCCCCC(CCCCCCC(F)CCCCCCCOCCC)C(F)(F)F. The summed E-state index contributed by atoms with van der Waals surface area (Å²) in [5.41, 5.74) is 0. The van der Waals surface area contributed by atoms with Crippen molar-refractivity contribution in [2.45, 2.75) is 161 Å². The summed E-state index contributed by atoms with van der Waals surface area (Å²) >= 11 is 0. The molecule has 0 amide bonds. The number of ether oxygens (including phenoxy) is 1. The molecule has 200 valence electrons. The molecule has 0 aromatic carbocycles. The first-order valence-electron chi connectivity index (χ1n) is 14.2. The van der Waals surface area contributed by atoms with Crippen LogP contribution in [0.3, 0.4) is 0 Å². The van der Waals surface area contributed by atoms with Crippen molar-refractivity contribution in [3.05, 3.63) is 0 Å². The summed E-state index contributed by atoms with van der Waals surface area (Å²) in [4.78, 5) is 0. The summed E-state index contributed by atoms with van der Waals surface area (Å²) in [5, 5.41) is 0. The van der Waals surface area contributed by atoms with Gasteiger partial charge in [0.1, 0.15) is 6.17 Å². The molecule has 0 aromatic rings. The lowest BCUT2D eigenvalue weighted by molar-refractivity contribution is -0.178. The minimum Gasteiger partial charge on any atom is -0.381 e. The van der Waals surface area contributed by atoms with E-state index in [0.717, 1.165) is 90.3 Å². The van der Waals surface area contributed by atoms with Crippen molar-refractivity contribution in [2.24, 2.45) is 5.92 Å². The van der Waals surface area contributed by atoms with Gasteiger partial charge in [0.15, 0.2) is 0 Å². The monoisotopic (exact) mass is 482 g/mol. The third-order valence-electron chi connectivity index (χ3n) is 6.59. The Morgan fingerprint density at radius 3 is 1.39 bits per heavy atom. The number of halogens is 4. The van der Waals surface area contributed by atoms with Crippen molar-refractivity contribution in [3.8, 4) is 0 Å². The van der Waals surface area contributed by atoms with E-state index in [1.807, 2.05) is 0 Å². The Bertz CT molecular complexity index is 387. The van der Waals surface area contributed by atoms with Crippen LogP contribution in [0.15, 0.2) is 0 Å². The molecule has 0 saturated carbocycles. The number of rotatable bonds is 25. The first kappa shape index (κ1) is 32.7. The predicted octanol–water partition coefficient (Wildman–Crippen LogP) is 10.8. The minimum atomic E-state index is -4.07. The molecule has 0 aliphatic carbocycles. The van der Waals surface area contributed by atoms with E-state index in [1.165, 1.54) is 19.3 Å². The van der Waals surface area contributed by atoms with Gasteiger partial charge in [0.2, 0.25) is 0 Å². The highest BCUT2D eigenvalue weighted by Gasteiger charge is 2.38. The quantitative estimate of drug-likeness (QED) is 0.0928. The van der Waals surface area contributed by atoms with E-state index in [0.29, 0.717) is 25.7 Å². The second kappa shape index (κ2) is 23.4. The van der Waals surface area contributed by atoms with Crippen molar-refractivity contribution >= 4 is 0 Å². The van der Waals surface area contributed by atoms with Gasteiger partial charge in [-0.15, -0.1) is 0 Å². The van der Waals surface area contributed by atoms with Gasteiger partial charge in [-0.25, -0.2) is 4.39 Å². The molecule has 1 nitrogen and oxygen atoms in total. The molecule has 2 atom stereocenters. The van der Waals surface area contributed by atoms with Gasteiger partial charge in [-0.2, -0.15) is 13.2 Å². The zero-order valence-electron chi connectivity index (χ0n) is 21.8. The van der Waals surface area contributed by atoms with Gasteiger partial charge in [-0.05, 0) is 38.5 Å². The third kappa shape index (κ3) is 23.2. The molecule has 0 bridgehead atoms. The fourth-order valence-corrected chi connectivity index (χ4v) is 4.42. The minimum absolute atomic E-state index is 0.238. The molecule has 0 heterocycles. The lowest BCUT2D eigenvalue weighted by atomic mass is 9.93. The molecule has 0 aromatic heterocycles. The van der Waals surface area contributed by atoms with Crippen molar-refractivity contribution in [3.63, 3.8) is 0 Å². The first-order valence-corrected chi connectivity index (χ1v) is 14.2. The number of hydrogen-bond acceptors (Lipinski definition) is 1. The van der Waals surface area contributed by atoms with E-state index < -0.39 is 18.3 Å². The largest absolute Gasteiger partial charge is 0.391 e. The van der Waals surface area contributed by atoms with Gasteiger partial charge in [0, 0.05) is 13.2 Å². The fourth-order valence-electron chi connectivity index (χ4n) is 4.42. The van der Waals surface area contributed by atoms with E-state index in [-0.39, 0.29) is 12.8 Å². The van der Waals surface area contributed by atoms with Crippen LogP contribution >= 0.6 is 0 Å². The zero-order chi connectivity index (χ0) is 24.6. The van der Waals surface area contributed by atoms with E-state index in [2.05, 4.69) is 13.8 Å². The molecule has 0 spiro atoms. The second-order valence-electron chi connectivity index (χ2n) is 9.91. The van der Waals surface area contributed by atoms with Crippen LogP contribution in [0.1, 0.15) is 149 Å². The summed E-state index contributed by atoms with van der Waals surface area (Å²) in [5.74, 6) is -1.15.